The van der Waals surface area contributed by atoms with Crippen LogP contribution < -0.4 is 5.73 Å². The van der Waals surface area contributed by atoms with Crippen molar-refractivity contribution >= 4 is 16.6 Å². The summed E-state index contributed by atoms with van der Waals surface area (Å²) in [6.07, 6.45) is 0.763. The van der Waals surface area contributed by atoms with Gasteiger partial charge in [0, 0.05) is 22.8 Å². The number of nitrogen functional groups attached to an aromatic ring is 1. The second-order valence-electron chi connectivity index (χ2n) is 4.58. The van der Waals surface area contributed by atoms with Crippen LogP contribution in [0.3, 0.4) is 0 Å². The molecule has 0 aliphatic carbocycles. The molecule has 2 aromatic rings. The van der Waals surface area contributed by atoms with Crippen molar-refractivity contribution in [3.63, 3.8) is 0 Å². The lowest BCUT2D eigenvalue weighted by atomic mass is 10.1. The van der Waals surface area contributed by atoms with Crippen LogP contribution in [0.5, 0.6) is 0 Å². The summed E-state index contributed by atoms with van der Waals surface area (Å²) >= 11 is 0. The molecule has 0 bridgehead atoms. The van der Waals surface area contributed by atoms with E-state index >= 15 is 0 Å². The molecule has 0 aliphatic rings. The highest BCUT2D eigenvalue weighted by Gasteiger charge is 2.09. The highest BCUT2D eigenvalue weighted by atomic mass is 19.2. The first-order valence-electron chi connectivity index (χ1n) is 5.51. The van der Waals surface area contributed by atoms with Crippen molar-refractivity contribution in [2.75, 3.05) is 5.73 Å². The van der Waals surface area contributed by atoms with Crippen LogP contribution in [0.25, 0.3) is 10.9 Å². The number of benzene rings is 1. The molecule has 2 nitrogen and oxygen atoms in total. The van der Waals surface area contributed by atoms with Gasteiger partial charge in [0.1, 0.15) is 0 Å². The summed E-state index contributed by atoms with van der Waals surface area (Å²) in [5.41, 5.74) is 7.46. The van der Waals surface area contributed by atoms with E-state index in [1.165, 1.54) is 0 Å². The maximum atomic E-state index is 13.1. The van der Waals surface area contributed by atoms with Crippen molar-refractivity contribution in [1.82, 2.24) is 4.98 Å². The van der Waals surface area contributed by atoms with Gasteiger partial charge < -0.3 is 5.73 Å². The highest BCUT2D eigenvalue weighted by Crippen LogP contribution is 2.24. The summed E-state index contributed by atoms with van der Waals surface area (Å²) < 4.78 is 26.2. The molecule has 2 N–H and O–H groups in total. The molecule has 1 aromatic heterocycles. The van der Waals surface area contributed by atoms with Crippen LogP contribution in [-0.4, -0.2) is 4.98 Å². The maximum Gasteiger partial charge on any atom is 0.161 e. The number of hydrogen-bond donors (Lipinski definition) is 1. The molecule has 2 rings (SSSR count). The zero-order valence-electron chi connectivity index (χ0n) is 9.80. The quantitative estimate of drug-likeness (QED) is 0.868. The monoisotopic (exact) mass is 236 g/mol. The molecule has 0 unspecified atom stereocenters. The SMILES string of the molecule is CC(C)Cc1cc(N)c2cc(F)c(F)cc2n1. The van der Waals surface area contributed by atoms with Crippen molar-refractivity contribution in [3.8, 4) is 0 Å². The van der Waals surface area contributed by atoms with E-state index in [9.17, 15) is 8.78 Å². The summed E-state index contributed by atoms with van der Waals surface area (Å²) in [6.45, 7) is 4.13. The van der Waals surface area contributed by atoms with Crippen molar-refractivity contribution in [1.29, 1.82) is 0 Å². The van der Waals surface area contributed by atoms with Gasteiger partial charge in [-0.2, -0.15) is 0 Å². The molecule has 90 valence electrons. The van der Waals surface area contributed by atoms with Crippen molar-refractivity contribution in [2.24, 2.45) is 5.92 Å². The van der Waals surface area contributed by atoms with E-state index in [1.807, 2.05) is 0 Å². The zero-order chi connectivity index (χ0) is 12.6. The van der Waals surface area contributed by atoms with Gasteiger partial charge in [0.25, 0.3) is 0 Å². The van der Waals surface area contributed by atoms with Gasteiger partial charge >= 0.3 is 0 Å². The first kappa shape index (κ1) is 11.8. The molecule has 0 amide bonds. The van der Waals surface area contributed by atoms with Gasteiger partial charge in [-0.05, 0) is 24.5 Å². The normalized spacial score (nSPS) is 11.4. The smallest absolute Gasteiger partial charge is 0.161 e. The van der Waals surface area contributed by atoms with E-state index in [-0.39, 0.29) is 0 Å². The summed E-state index contributed by atoms with van der Waals surface area (Å²) in [7, 11) is 0. The van der Waals surface area contributed by atoms with Gasteiger partial charge in [0.05, 0.1) is 5.52 Å². The van der Waals surface area contributed by atoms with Gasteiger partial charge in [-0.3, -0.25) is 4.98 Å². The van der Waals surface area contributed by atoms with E-state index in [2.05, 4.69) is 18.8 Å². The Bertz CT molecular complexity index is 565. The lowest BCUT2D eigenvalue weighted by Crippen LogP contribution is -2.01. The van der Waals surface area contributed by atoms with Gasteiger partial charge in [0.15, 0.2) is 11.6 Å². The summed E-state index contributed by atoms with van der Waals surface area (Å²) in [4.78, 5) is 4.29. The minimum Gasteiger partial charge on any atom is -0.398 e. The Morgan fingerprint density at radius 1 is 1.18 bits per heavy atom. The van der Waals surface area contributed by atoms with Crippen LogP contribution in [0.4, 0.5) is 14.5 Å². The Morgan fingerprint density at radius 3 is 2.47 bits per heavy atom. The van der Waals surface area contributed by atoms with E-state index in [4.69, 9.17) is 5.73 Å². The average Bonchev–Trinajstić information content (AvgIpc) is 2.20. The fourth-order valence-corrected chi connectivity index (χ4v) is 1.83. The number of aromatic nitrogens is 1. The zero-order valence-corrected chi connectivity index (χ0v) is 9.80. The molecule has 0 saturated carbocycles. The fraction of sp³-hybridized carbons (Fsp3) is 0.308. The maximum absolute atomic E-state index is 13.1. The van der Waals surface area contributed by atoms with Crippen molar-refractivity contribution in [2.45, 2.75) is 20.3 Å². The van der Waals surface area contributed by atoms with Crippen LogP contribution in [0, 0.1) is 17.6 Å². The largest absolute Gasteiger partial charge is 0.398 e. The number of nitrogens with two attached hydrogens (primary N) is 1. The molecule has 0 aliphatic heterocycles. The molecule has 1 heterocycles. The molecule has 4 heteroatoms. The molecule has 0 saturated heterocycles. The van der Waals surface area contributed by atoms with Gasteiger partial charge in [-0.25, -0.2) is 8.78 Å². The standard InChI is InChI=1S/C13H14F2N2/c1-7(2)3-8-4-12(16)9-5-10(14)11(15)6-13(9)17-8/h4-7H,3H2,1-2H3,(H2,16,17). The second kappa shape index (κ2) is 4.28. The molecule has 0 spiro atoms. The van der Waals surface area contributed by atoms with Crippen LogP contribution in [0.1, 0.15) is 19.5 Å². The van der Waals surface area contributed by atoms with E-state index < -0.39 is 11.6 Å². The molecule has 17 heavy (non-hydrogen) atoms. The third kappa shape index (κ3) is 2.35. The molecular formula is C13H14F2N2. The number of anilines is 1. The predicted molar refractivity (Wildman–Crippen MR) is 64.6 cm³/mol. The Labute approximate surface area is 98.5 Å². The third-order valence-corrected chi connectivity index (χ3v) is 2.55. The summed E-state index contributed by atoms with van der Waals surface area (Å²) in [5.74, 6) is -1.36. The molecule has 1 aromatic carbocycles. The van der Waals surface area contributed by atoms with Crippen molar-refractivity contribution < 1.29 is 8.78 Å². The fourth-order valence-electron chi connectivity index (χ4n) is 1.83. The van der Waals surface area contributed by atoms with Gasteiger partial charge in [-0.15, -0.1) is 0 Å². The first-order valence-corrected chi connectivity index (χ1v) is 5.51. The van der Waals surface area contributed by atoms with Crippen LogP contribution in [0.2, 0.25) is 0 Å². The minimum absolute atomic E-state index is 0.402. The number of halogens is 2. The number of rotatable bonds is 2. The molecule has 0 fully saturated rings. The summed E-state index contributed by atoms with van der Waals surface area (Å²) in [5, 5.41) is 0.455. The Kier molecular flexibility index (Phi) is 2.96. The van der Waals surface area contributed by atoms with E-state index in [0.717, 1.165) is 24.2 Å². The number of pyridine rings is 1. The molecule has 0 atom stereocenters. The number of fused-ring (bicyclic) bond motifs is 1. The van der Waals surface area contributed by atoms with Crippen LogP contribution >= 0.6 is 0 Å². The Balaban J connectivity index is 2.60. The van der Waals surface area contributed by atoms with E-state index in [0.29, 0.717) is 22.5 Å². The first-order chi connectivity index (χ1) is 7.97. The predicted octanol–water partition coefficient (Wildman–Crippen LogP) is 3.29. The lowest BCUT2D eigenvalue weighted by Gasteiger charge is -2.08. The van der Waals surface area contributed by atoms with Crippen LogP contribution in [-0.2, 0) is 6.42 Å². The minimum atomic E-state index is -0.900. The van der Waals surface area contributed by atoms with Crippen molar-refractivity contribution in [3.05, 3.63) is 35.5 Å². The second-order valence-corrected chi connectivity index (χ2v) is 4.58. The number of hydrogen-bond acceptors (Lipinski definition) is 2. The molecular weight excluding hydrogens is 222 g/mol. The Hall–Kier alpha value is -1.71. The highest BCUT2D eigenvalue weighted by molar-refractivity contribution is 5.90. The summed E-state index contributed by atoms with van der Waals surface area (Å²) in [6, 6.07) is 3.90. The third-order valence-electron chi connectivity index (χ3n) is 2.55. The Morgan fingerprint density at radius 2 is 1.82 bits per heavy atom. The molecule has 0 radical (unpaired) electrons. The van der Waals surface area contributed by atoms with Crippen LogP contribution in [0.15, 0.2) is 18.2 Å². The lowest BCUT2D eigenvalue weighted by molar-refractivity contribution is 0.510. The van der Waals surface area contributed by atoms with E-state index in [1.54, 1.807) is 6.07 Å². The average molecular weight is 236 g/mol. The van der Waals surface area contributed by atoms with Gasteiger partial charge in [0.2, 0.25) is 0 Å². The van der Waals surface area contributed by atoms with Gasteiger partial charge in [-0.1, -0.05) is 13.8 Å². The topological polar surface area (TPSA) is 38.9 Å². The number of nitrogens with zero attached hydrogens (tertiary/aromatic N) is 1.